The molecule has 4 N–H and O–H groups in total. The van der Waals surface area contributed by atoms with Gasteiger partial charge in [0.25, 0.3) is 0 Å². The van der Waals surface area contributed by atoms with Gasteiger partial charge in [-0.15, -0.1) is 0 Å². The van der Waals surface area contributed by atoms with E-state index in [1.807, 2.05) is 0 Å². The Morgan fingerprint density at radius 3 is 2.77 bits per heavy atom. The van der Waals surface area contributed by atoms with Crippen LogP contribution < -0.4 is 15.8 Å². The topological polar surface area (TPSA) is 128 Å². The summed E-state index contributed by atoms with van der Waals surface area (Å²) in [7, 11) is -1.39. The van der Waals surface area contributed by atoms with Crippen molar-refractivity contribution in [2.24, 2.45) is 7.05 Å². The molecule has 0 unspecified atom stereocenters. The summed E-state index contributed by atoms with van der Waals surface area (Å²) in [4.78, 5) is 8.49. The zero-order valence-electron chi connectivity index (χ0n) is 12.4. The Morgan fingerprint density at radius 1 is 1.36 bits per heavy atom. The molecule has 0 saturated heterocycles. The molecule has 2 aromatic heterocycles. The minimum absolute atomic E-state index is 0.362. The number of sulfonamides is 1. The highest BCUT2D eigenvalue weighted by atomic mass is 32.2. The molecule has 0 saturated carbocycles. The first-order valence-corrected chi connectivity index (χ1v) is 8.55. The molecule has 0 atom stereocenters. The lowest BCUT2D eigenvalue weighted by Crippen LogP contribution is -2.24. The van der Waals surface area contributed by atoms with Crippen LogP contribution in [0.25, 0.3) is 11.3 Å². The lowest BCUT2D eigenvalue weighted by atomic mass is 10.2. The van der Waals surface area contributed by atoms with Gasteiger partial charge >= 0.3 is 0 Å². The molecule has 9 nitrogen and oxygen atoms in total. The summed E-state index contributed by atoms with van der Waals surface area (Å²) in [6, 6.07) is 1.75. The monoisotopic (exact) mass is 325 g/mol. The first-order chi connectivity index (χ1) is 10.4. The van der Waals surface area contributed by atoms with Gasteiger partial charge in [-0.25, -0.2) is 23.1 Å². The third-order valence-corrected chi connectivity index (χ3v) is 3.65. The average molecular weight is 325 g/mol. The predicted octanol–water partition coefficient (Wildman–Crippen LogP) is -0.189. The van der Waals surface area contributed by atoms with Crippen LogP contribution in [-0.2, 0) is 17.1 Å². The number of nitrogens with one attached hydrogen (secondary N) is 2. The van der Waals surface area contributed by atoms with Gasteiger partial charge in [0, 0.05) is 26.3 Å². The number of nitrogens with zero attached hydrogens (tertiary/aromatic N) is 4. The van der Waals surface area contributed by atoms with Crippen molar-refractivity contribution in [3.8, 4) is 11.3 Å². The molecule has 2 aromatic rings. The van der Waals surface area contributed by atoms with Gasteiger partial charge < -0.3 is 11.1 Å². The van der Waals surface area contributed by atoms with Gasteiger partial charge in [0.05, 0.1) is 23.7 Å². The molecule has 120 valence electrons. The number of nitrogens with two attached hydrogens (primary N) is 1. The molecule has 0 aliphatic heterocycles. The second kappa shape index (κ2) is 6.71. The van der Waals surface area contributed by atoms with Gasteiger partial charge in [-0.1, -0.05) is 0 Å². The highest BCUT2D eigenvalue weighted by Gasteiger charge is 2.09. The summed E-state index contributed by atoms with van der Waals surface area (Å²) in [6.45, 7) is 0.912. The smallest absolute Gasteiger partial charge is 0.223 e. The van der Waals surface area contributed by atoms with Crippen LogP contribution in [0, 0.1) is 0 Å². The van der Waals surface area contributed by atoms with Gasteiger partial charge in [-0.3, -0.25) is 4.68 Å². The van der Waals surface area contributed by atoms with Gasteiger partial charge in [-0.2, -0.15) is 5.10 Å². The summed E-state index contributed by atoms with van der Waals surface area (Å²) >= 11 is 0. The fraction of sp³-hybridized carbons (Fsp3) is 0.417. The molecule has 22 heavy (non-hydrogen) atoms. The van der Waals surface area contributed by atoms with Crippen molar-refractivity contribution >= 4 is 21.8 Å². The van der Waals surface area contributed by atoms with Gasteiger partial charge in [0.2, 0.25) is 16.0 Å². The first kappa shape index (κ1) is 16.2. The van der Waals surface area contributed by atoms with E-state index < -0.39 is 10.0 Å². The zero-order valence-corrected chi connectivity index (χ0v) is 13.3. The van der Waals surface area contributed by atoms with E-state index in [9.17, 15) is 8.42 Å². The average Bonchev–Trinajstić information content (AvgIpc) is 2.78. The Hall–Kier alpha value is -2.20. The number of hydrogen-bond donors (Lipinski definition) is 3. The van der Waals surface area contributed by atoms with Crippen LogP contribution in [0.3, 0.4) is 0 Å². The Kier molecular flexibility index (Phi) is 4.93. The molecule has 0 aliphatic carbocycles. The predicted molar refractivity (Wildman–Crippen MR) is 84.6 cm³/mol. The molecule has 0 fully saturated rings. The third kappa shape index (κ3) is 4.40. The maximum absolute atomic E-state index is 10.9. The van der Waals surface area contributed by atoms with Crippen LogP contribution in [0.5, 0.6) is 0 Å². The standard InChI is InChI=1S/C12H19N7O2S/c1-19-11(13)9(8-16-19)10-4-7-15-12(18-10)14-5-3-6-17-22(2,20)21/h4,7-8,17H,3,5-6,13H2,1-2H3,(H,14,15,18). The number of aromatic nitrogens is 4. The van der Waals surface area contributed by atoms with E-state index in [1.165, 1.54) is 0 Å². The second-order valence-corrected chi connectivity index (χ2v) is 6.61. The van der Waals surface area contributed by atoms with E-state index in [0.717, 1.165) is 11.8 Å². The number of hydrogen-bond acceptors (Lipinski definition) is 7. The van der Waals surface area contributed by atoms with E-state index in [1.54, 1.807) is 30.2 Å². The van der Waals surface area contributed by atoms with E-state index in [2.05, 4.69) is 25.1 Å². The Labute approximate surface area is 129 Å². The van der Waals surface area contributed by atoms with E-state index in [4.69, 9.17) is 5.73 Å². The summed E-state index contributed by atoms with van der Waals surface area (Å²) in [5.74, 6) is 0.988. The van der Waals surface area contributed by atoms with E-state index in [-0.39, 0.29) is 0 Å². The van der Waals surface area contributed by atoms with Crippen LogP contribution in [-0.4, -0.2) is 47.5 Å². The zero-order chi connectivity index (χ0) is 16.2. The van der Waals surface area contributed by atoms with Crippen LogP contribution in [0.2, 0.25) is 0 Å². The maximum atomic E-state index is 10.9. The molecular formula is C12H19N7O2S. The molecule has 2 rings (SSSR count). The Balaban J connectivity index is 1.93. The van der Waals surface area contributed by atoms with Crippen LogP contribution >= 0.6 is 0 Å². The van der Waals surface area contributed by atoms with Crippen molar-refractivity contribution in [2.75, 3.05) is 30.4 Å². The molecular weight excluding hydrogens is 306 g/mol. The van der Waals surface area contributed by atoms with Crippen molar-refractivity contribution in [1.82, 2.24) is 24.5 Å². The van der Waals surface area contributed by atoms with Crippen LogP contribution in [0.4, 0.5) is 11.8 Å². The van der Waals surface area contributed by atoms with E-state index in [0.29, 0.717) is 37.0 Å². The number of aryl methyl sites for hydroxylation is 1. The Morgan fingerprint density at radius 2 is 2.14 bits per heavy atom. The summed E-state index contributed by atoms with van der Waals surface area (Å²) in [5.41, 5.74) is 7.34. The first-order valence-electron chi connectivity index (χ1n) is 6.66. The molecule has 0 bridgehead atoms. The summed E-state index contributed by atoms with van der Waals surface area (Å²) in [6.07, 6.45) is 5.03. The molecule has 0 amide bonds. The van der Waals surface area contributed by atoms with Gasteiger partial charge in [-0.05, 0) is 12.5 Å². The van der Waals surface area contributed by atoms with E-state index >= 15 is 0 Å². The molecule has 2 heterocycles. The van der Waals surface area contributed by atoms with Gasteiger partial charge in [0.1, 0.15) is 5.82 Å². The van der Waals surface area contributed by atoms with Crippen molar-refractivity contribution in [2.45, 2.75) is 6.42 Å². The van der Waals surface area contributed by atoms with Crippen molar-refractivity contribution in [3.63, 3.8) is 0 Å². The fourth-order valence-corrected chi connectivity index (χ4v) is 2.30. The summed E-state index contributed by atoms with van der Waals surface area (Å²) in [5, 5.41) is 7.12. The molecule has 0 radical (unpaired) electrons. The fourth-order valence-electron chi connectivity index (χ4n) is 1.78. The van der Waals surface area contributed by atoms with Crippen LogP contribution in [0.15, 0.2) is 18.5 Å². The normalized spacial score (nSPS) is 11.5. The molecule has 0 aliphatic rings. The van der Waals surface area contributed by atoms with Crippen molar-refractivity contribution in [3.05, 3.63) is 18.5 Å². The minimum Gasteiger partial charge on any atom is -0.383 e. The molecule has 0 spiro atoms. The quantitative estimate of drug-likeness (QED) is 0.602. The number of nitrogen functional groups attached to an aromatic ring is 1. The lowest BCUT2D eigenvalue weighted by Gasteiger charge is -2.06. The third-order valence-electron chi connectivity index (χ3n) is 2.92. The minimum atomic E-state index is -3.15. The number of anilines is 2. The largest absolute Gasteiger partial charge is 0.383 e. The SMILES string of the molecule is Cn1ncc(-c2ccnc(NCCCNS(C)(=O)=O)n2)c1N. The van der Waals surface area contributed by atoms with Crippen molar-refractivity contribution in [1.29, 1.82) is 0 Å². The van der Waals surface area contributed by atoms with Gasteiger partial charge in [0.15, 0.2) is 0 Å². The number of rotatable bonds is 7. The Bertz CT molecular complexity index is 742. The molecule has 0 aromatic carbocycles. The highest BCUT2D eigenvalue weighted by molar-refractivity contribution is 7.88. The summed E-state index contributed by atoms with van der Waals surface area (Å²) < 4.78 is 25.8. The maximum Gasteiger partial charge on any atom is 0.223 e. The van der Waals surface area contributed by atoms with Crippen LogP contribution in [0.1, 0.15) is 6.42 Å². The lowest BCUT2D eigenvalue weighted by molar-refractivity contribution is 0.586. The highest BCUT2D eigenvalue weighted by Crippen LogP contribution is 2.23. The second-order valence-electron chi connectivity index (χ2n) is 4.78. The molecule has 10 heteroatoms. The van der Waals surface area contributed by atoms with Crippen molar-refractivity contribution < 1.29 is 8.42 Å².